The molecule has 2 nitrogen and oxygen atoms in total. The number of rotatable bonds is 5. The smallest absolute Gasteiger partial charge is 0.105 e. The van der Waals surface area contributed by atoms with Crippen LogP contribution in [0.1, 0.15) is 35.4 Å². The molecule has 0 aliphatic heterocycles. The van der Waals surface area contributed by atoms with Gasteiger partial charge in [-0.2, -0.15) is 0 Å². The Morgan fingerprint density at radius 2 is 1.89 bits per heavy atom. The molecule has 0 fully saturated rings. The molecule has 0 saturated heterocycles. The van der Waals surface area contributed by atoms with E-state index in [-0.39, 0.29) is 0 Å². The third kappa shape index (κ3) is 3.23. The summed E-state index contributed by atoms with van der Waals surface area (Å²) in [6.07, 6.45) is 2.63. The monoisotopic (exact) mass is 243 g/mol. The molecular formula is C16H21NO. The lowest BCUT2D eigenvalue weighted by molar-refractivity contribution is 0.455. The molecule has 1 aromatic carbocycles. The lowest BCUT2D eigenvalue weighted by atomic mass is 9.98. The first-order chi connectivity index (χ1) is 8.69. The van der Waals surface area contributed by atoms with Crippen LogP contribution in [-0.2, 0) is 6.42 Å². The maximum Gasteiger partial charge on any atom is 0.105 e. The SMILES string of the molecule is CCNC(Cc1ccco1)c1cc(C)cc(C)c1. The molecular weight excluding hydrogens is 222 g/mol. The van der Waals surface area contributed by atoms with E-state index in [2.05, 4.69) is 44.3 Å². The van der Waals surface area contributed by atoms with Gasteiger partial charge in [-0.3, -0.25) is 0 Å². The predicted molar refractivity (Wildman–Crippen MR) is 74.7 cm³/mol. The second-order valence-corrected chi connectivity index (χ2v) is 4.81. The van der Waals surface area contributed by atoms with Crippen LogP contribution >= 0.6 is 0 Å². The van der Waals surface area contributed by atoms with Crippen LogP contribution in [0.25, 0.3) is 0 Å². The van der Waals surface area contributed by atoms with Gasteiger partial charge in [-0.05, 0) is 38.1 Å². The summed E-state index contributed by atoms with van der Waals surface area (Å²) in [5.74, 6) is 1.03. The molecule has 1 unspecified atom stereocenters. The Balaban J connectivity index is 2.23. The molecule has 1 atom stereocenters. The average Bonchev–Trinajstić information content (AvgIpc) is 2.80. The molecule has 96 valence electrons. The maximum atomic E-state index is 5.45. The molecule has 0 amide bonds. The molecule has 1 aromatic heterocycles. The van der Waals surface area contributed by atoms with Crippen LogP contribution in [0.2, 0.25) is 0 Å². The van der Waals surface area contributed by atoms with Crippen molar-refractivity contribution in [1.29, 1.82) is 0 Å². The Morgan fingerprint density at radius 3 is 2.44 bits per heavy atom. The normalized spacial score (nSPS) is 12.6. The Kier molecular flexibility index (Phi) is 4.21. The van der Waals surface area contributed by atoms with E-state index in [0.29, 0.717) is 6.04 Å². The molecule has 0 aliphatic carbocycles. The van der Waals surface area contributed by atoms with Crippen LogP contribution in [0.5, 0.6) is 0 Å². The predicted octanol–water partition coefficient (Wildman–Crippen LogP) is 3.79. The fourth-order valence-corrected chi connectivity index (χ4v) is 2.40. The Labute approximate surface area is 109 Å². The van der Waals surface area contributed by atoms with Crippen molar-refractivity contribution in [3.8, 4) is 0 Å². The molecule has 1 heterocycles. The van der Waals surface area contributed by atoms with Crippen molar-refractivity contribution in [2.75, 3.05) is 6.54 Å². The number of aryl methyl sites for hydroxylation is 2. The van der Waals surface area contributed by atoms with Crippen molar-refractivity contribution in [1.82, 2.24) is 5.32 Å². The fourth-order valence-electron chi connectivity index (χ4n) is 2.40. The quantitative estimate of drug-likeness (QED) is 0.864. The van der Waals surface area contributed by atoms with Gasteiger partial charge in [0.05, 0.1) is 6.26 Å². The van der Waals surface area contributed by atoms with Gasteiger partial charge in [0.1, 0.15) is 5.76 Å². The lowest BCUT2D eigenvalue weighted by Crippen LogP contribution is -2.23. The van der Waals surface area contributed by atoms with Gasteiger partial charge in [0.2, 0.25) is 0 Å². The van der Waals surface area contributed by atoms with E-state index >= 15 is 0 Å². The molecule has 2 heteroatoms. The average molecular weight is 243 g/mol. The number of hydrogen-bond acceptors (Lipinski definition) is 2. The molecule has 0 spiro atoms. The highest BCUT2D eigenvalue weighted by Crippen LogP contribution is 2.21. The van der Waals surface area contributed by atoms with Gasteiger partial charge in [0.15, 0.2) is 0 Å². The number of hydrogen-bond donors (Lipinski definition) is 1. The number of likely N-dealkylation sites (N-methyl/N-ethyl adjacent to an activating group) is 1. The summed E-state index contributed by atoms with van der Waals surface area (Å²) in [5, 5.41) is 3.53. The number of nitrogens with one attached hydrogen (secondary N) is 1. The van der Waals surface area contributed by atoms with E-state index in [1.54, 1.807) is 6.26 Å². The highest BCUT2D eigenvalue weighted by atomic mass is 16.3. The first-order valence-corrected chi connectivity index (χ1v) is 6.53. The summed E-state index contributed by atoms with van der Waals surface area (Å²) in [7, 11) is 0. The van der Waals surface area contributed by atoms with Crippen molar-refractivity contribution in [2.45, 2.75) is 33.2 Å². The van der Waals surface area contributed by atoms with Crippen LogP contribution < -0.4 is 5.32 Å². The minimum Gasteiger partial charge on any atom is -0.469 e. The van der Waals surface area contributed by atoms with Crippen LogP contribution in [0.3, 0.4) is 0 Å². The van der Waals surface area contributed by atoms with Crippen molar-refractivity contribution in [2.24, 2.45) is 0 Å². The van der Waals surface area contributed by atoms with E-state index in [9.17, 15) is 0 Å². The molecule has 2 aromatic rings. The van der Waals surface area contributed by atoms with Crippen molar-refractivity contribution in [3.05, 3.63) is 59.0 Å². The van der Waals surface area contributed by atoms with Crippen molar-refractivity contribution >= 4 is 0 Å². The zero-order valence-corrected chi connectivity index (χ0v) is 11.4. The van der Waals surface area contributed by atoms with Crippen LogP contribution in [0, 0.1) is 13.8 Å². The van der Waals surface area contributed by atoms with Crippen LogP contribution in [0.15, 0.2) is 41.0 Å². The summed E-state index contributed by atoms with van der Waals surface area (Å²) in [6.45, 7) is 7.38. The van der Waals surface area contributed by atoms with E-state index in [0.717, 1.165) is 18.7 Å². The maximum absolute atomic E-state index is 5.45. The second-order valence-electron chi connectivity index (χ2n) is 4.81. The van der Waals surface area contributed by atoms with E-state index < -0.39 is 0 Å². The number of furan rings is 1. The van der Waals surface area contributed by atoms with Crippen molar-refractivity contribution in [3.63, 3.8) is 0 Å². The molecule has 0 aliphatic rings. The number of benzene rings is 1. The summed E-state index contributed by atoms with van der Waals surface area (Å²) in [5.41, 5.74) is 3.96. The topological polar surface area (TPSA) is 25.2 Å². The van der Waals surface area contributed by atoms with Gasteiger partial charge in [-0.25, -0.2) is 0 Å². The third-order valence-electron chi connectivity index (χ3n) is 3.08. The third-order valence-corrected chi connectivity index (χ3v) is 3.08. The Bertz CT molecular complexity index is 468. The highest BCUT2D eigenvalue weighted by Gasteiger charge is 2.13. The van der Waals surface area contributed by atoms with Gasteiger partial charge < -0.3 is 9.73 Å². The van der Waals surface area contributed by atoms with Crippen molar-refractivity contribution < 1.29 is 4.42 Å². The standard InChI is InChI=1S/C16H21NO/c1-4-17-16(11-15-6-5-7-18-15)14-9-12(2)8-13(3)10-14/h5-10,16-17H,4,11H2,1-3H3. The van der Waals surface area contributed by atoms with Gasteiger partial charge in [-0.1, -0.05) is 36.2 Å². The molecule has 0 radical (unpaired) electrons. The Morgan fingerprint density at radius 1 is 1.17 bits per heavy atom. The first-order valence-electron chi connectivity index (χ1n) is 6.53. The summed E-state index contributed by atoms with van der Waals surface area (Å²) < 4.78 is 5.45. The molecule has 2 rings (SSSR count). The molecule has 18 heavy (non-hydrogen) atoms. The van der Waals surface area contributed by atoms with Crippen LogP contribution in [-0.4, -0.2) is 6.54 Å². The van der Waals surface area contributed by atoms with E-state index in [1.807, 2.05) is 12.1 Å². The lowest BCUT2D eigenvalue weighted by Gasteiger charge is -2.18. The minimum atomic E-state index is 0.319. The fraction of sp³-hybridized carbons (Fsp3) is 0.375. The first kappa shape index (κ1) is 12.9. The largest absolute Gasteiger partial charge is 0.469 e. The molecule has 0 bridgehead atoms. The summed E-state index contributed by atoms with van der Waals surface area (Å²) >= 11 is 0. The van der Waals surface area contributed by atoms with Gasteiger partial charge >= 0.3 is 0 Å². The Hall–Kier alpha value is -1.54. The zero-order chi connectivity index (χ0) is 13.0. The van der Waals surface area contributed by atoms with Gasteiger partial charge in [0, 0.05) is 12.5 Å². The van der Waals surface area contributed by atoms with Gasteiger partial charge in [0.25, 0.3) is 0 Å². The summed E-state index contributed by atoms with van der Waals surface area (Å²) in [4.78, 5) is 0. The highest BCUT2D eigenvalue weighted by molar-refractivity contribution is 5.31. The summed E-state index contributed by atoms with van der Waals surface area (Å²) in [6, 6.07) is 11.0. The minimum absolute atomic E-state index is 0.319. The molecule has 1 N–H and O–H groups in total. The van der Waals surface area contributed by atoms with E-state index in [1.165, 1.54) is 16.7 Å². The van der Waals surface area contributed by atoms with Gasteiger partial charge in [-0.15, -0.1) is 0 Å². The molecule has 0 saturated carbocycles. The van der Waals surface area contributed by atoms with E-state index in [4.69, 9.17) is 4.42 Å². The second kappa shape index (κ2) is 5.87. The zero-order valence-electron chi connectivity index (χ0n) is 11.4. The van der Waals surface area contributed by atoms with Crippen LogP contribution in [0.4, 0.5) is 0 Å².